The van der Waals surface area contributed by atoms with Crippen LogP contribution in [0.5, 0.6) is 0 Å². The van der Waals surface area contributed by atoms with Crippen molar-refractivity contribution in [1.82, 2.24) is 15.1 Å². The molecular weight excluding hydrogens is 329 g/mol. The van der Waals surface area contributed by atoms with E-state index in [2.05, 4.69) is 26.3 Å². The average Bonchev–Trinajstić information content (AvgIpc) is 2.73. The molecule has 1 aromatic heterocycles. The third-order valence-electron chi connectivity index (χ3n) is 2.85. The summed E-state index contributed by atoms with van der Waals surface area (Å²) in [7, 11) is 3.85. The average molecular weight is 344 g/mol. The van der Waals surface area contributed by atoms with Gasteiger partial charge in [0.05, 0.1) is 22.4 Å². The third-order valence-corrected chi connectivity index (χ3v) is 4.56. The number of benzene rings is 1. The third kappa shape index (κ3) is 3.58. The van der Waals surface area contributed by atoms with Crippen LogP contribution in [0.4, 0.5) is 4.39 Å². The van der Waals surface area contributed by atoms with Crippen LogP contribution in [0.25, 0.3) is 0 Å². The quantitative estimate of drug-likeness (QED) is 0.844. The number of thioether (sulfide) groups is 1. The number of rotatable bonds is 5. The lowest BCUT2D eigenvalue weighted by Gasteiger charge is -2.17. The maximum atomic E-state index is 12.8. The molecule has 0 fully saturated rings. The second-order valence-corrected chi connectivity index (χ2v) is 6.06. The fourth-order valence-corrected chi connectivity index (χ4v) is 3.46. The van der Waals surface area contributed by atoms with E-state index < -0.39 is 0 Å². The fourth-order valence-electron chi connectivity index (χ4n) is 1.82. The van der Waals surface area contributed by atoms with Gasteiger partial charge >= 0.3 is 0 Å². The summed E-state index contributed by atoms with van der Waals surface area (Å²) in [5, 5.41) is 7.50. The van der Waals surface area contributed by atoms with Crippen LogP contribution < -0.4 is 5.32 Å². The molecule has 1 atom stereocenters. The van der Waals surface area contributed by atoms with Gasteiger partial charge in [-0.1, -0.05) is 0 Å². The molecule has 0 aliphatic carbocycles. The summed E-state index contributed by atoms with van der Waals surface area (Å²) in [5.41, 5.74) is 1.11. The molecule has 1 unspecified atom stereocenters. The number of nitrogens with one attached hydrogen (secondary N) is 1. The predicted octanol–water partition coefficient (Wildman–Crippen LogP) is 3.37. The molecule has 0 aliphatic rings. The van der Waals surface area contributed by atoms with E-state index in [0.29, 0.717) is 0 Å². The van der Waals surface area contributed by atoms with E-state index >= 15 is 0 Å². The lowest BCUT2D eigenvalue weighted by Crippen LogP contribution is -2.22. The first-order chi connectivity index (χ1) is 9.11. The van der Waals surface area contributed by atoms with Gasteiger partial charge in [-0.3, -0.25) is 4.68 Å². The van der Waals surface area contributed by atoms with Gasteiger partial charge in [-0.15, -0.1) is 11.8 Å². The van der Waals surface area contributed by atoms with Crippen LogP contribution in [0.1, 0.15) is 11.7 Å². The van der Waals surface area contributed by atoms with Gasteiger partial charge in [0.1, 0.15) is 5.82 Å². The number of hydrogen-bond acceptors (Lipinski definition) is 3. The molecule has 0 bridgehead atoms. The highest BCUT2D eigenvalue weighted by molar-refractivity contribution is 9.10. The van der Waals surface area contributed by atoms with Crippen molar-refractivity contribution in [2.75, 3.05) is 12.8 Å². The Labute approximate surface area is 124 Å². The fraction of sp³-hybridized carbons (Fsp3) is 0.308. The molecule has 2 rings (SSSR count). The number of halogens is 2. The maximum absolute atomic E-state index is 12.8. The van der Waals surface area contributed by atoms with Crippen molar-refractivity contribution in [3.63, 3.8) is 0 Å². The van der Waals surface area contributed by atoms with Gasteiger partial charge < -0.3 is 5.32 Å². The van der Waals surface area contributed by atoms with Gasteiger partial charge in [-0.2, -0.15) is 5.10 Å². The van der Waals surface area contributed by atoms with Gasteiger partial charge in [0, 0.05) is 17.7 Å². The summed E-state index contributed by atoms with van der Waals surface area (Å²) in [5.74, 6) is 0.643. The smallest absolute Gasteiger partial charge is 0.123 e. The number of nitrogens with zero attached hydrogens (tertiary/aromatic N) is 2. The van der Waals surface area contributed by atoms with E-state index in [9.17, 15) is 4.39 Å². The van der Waals surface area contributed by atoms with E-state index in [4.69, 9.17) is 0 Å². The van der Waals surface area contributed by atoms with Crippen LogP contribution in [0, 0.1) is 5.82 Å². The van der Waals surface area contributed by atoms with E-state index in [-0.39, 0.29) is 11.9 Å². The summed E-state index contributed by atoms with van der Waals surface area (Å²) in [6.07, 6.45) is 1.79. The molecule has 0 radical (unpaired) electrons. The van der Waals surface area contributed by atoms with E-state index in [1.54, 1.807) is 30.1 Å². The molecule has 3 nitrogen and oxygen atoms in total. The first-order valence-corrected chi connectivity index (χ1v) is 7.62. The van der Waals surface area contributed by atoms with Crippen LogP contribution in [0.2, 0.25) is 0 Å². The van der Waals surface area contributed by atoms with Gasteiger partial charge in [-0.05, 0) is 47.2 Å². The maximum Gasteiger partial charge on any atom is 0.123 e. The zero-order valence-corrected chi connectivity index (χ0v) is 13.1. The highest BCUT2D eigenvalue weighted by Gasteiger charge is 2.17. The largest absolute Gasteiger partial charge is 0.311 e. The molecule has 0 aliphatic heterocycles. The van der Waals surface area contributed by atoms with Crippen LogP contribution in [0.15, 0.2) is 39.8 Å². The Kier molecular flexibility index (Phi) is 5.01. The molecule has 2 aromatic rings. The normalized spacial score (nSPS) is 12.6. The van der Waals surface area contributed by atoms with Crippen LogP contribution in [0.3, 0.4) is 0 Å². The Morgan fingerprint density at radius 1 is 1.42 bits per heavy atom. The van der Waals surface area contributed by atoms with Crippen molar-refractivity contribution in [3.05, 3.63) is 46.4 Å². The zero-order chi connectivity index (χ0) is 13.8. The molecule has 0 spiro atoms. The van der Waals surface area contributed by atoms with E-state index in [1.807, 2.05) is 18.8 Å². The minimum Gasteiger partial charge on any atom is -0.311 e. The van der Waals surface area contributed by atoms with E-state index in [0.717, 1.165) is 20.8 Å². The predicted molar refractivity (Wildman–Crippen MR) is 79.8 cm³/mol. The van der Waals surface area contributed by atoms with Gasteiger partial charge in [0.2, 0.25) is 0 Å². The Morgan fingerprint density at radius 3 is 2.63 bits per heavy atom. The minimum absolute atomic E-state index is 0.178. The van der Waals surface area contributed by atoms with E-state index in [1.165, 1.54) is 12.1 Å². The lowest BCUT2D eigenvalue weighted by molar-refractivity contribution is 0.583. The molecule has 0 saturated carbocycles. The summed E-state index contributed by atoms with van der Waals surface area (Å²) >= 11 is 5.20. The molecule has 6 heteroatoms. The summed E-state index contributed by atoms with van der Waals surface area (Å²) in [6.45, 7) is 0. The molecule has 1 heterocycles. The highest BCUT2D eigenvalue weighted by Crippen LogP contribution is 2.28. The number of aromatic nitrogens is 2. The van der Waals surface area contributed by atoms with Crippen molar-refractivity contribution in [3.8, 4) is 0 Å². The Hall–Kier alpha value is -0.850. The molecule has 1 N–H and O–H groups in total. The number of hydrogen-bond donors (Lipinski definition) is 1. The first-order valence-electron chi connectivity index (χ1n) is 5.85. The Balaban J connectivity index is 2.06. The zero-order valence-electron chi connectivity index (χ0n) is 10.7. The van der Waals surface area contributed by atoms with Crippen molar-refractivity contribution in [2.24, 2.45) is 7.05 Å². The van der Waals surface area contributed by atoms with Crippen LogP contribution in [-0.2, 0) is 7.05 Å². The summed E-state index contributed by atoms with van der Waals surface area (Å²) in [4.78, 5) is 1.06. The minimum atomic E-state index is -0.205. The summed E-state index contributed by atoms with van der Waals surface area (Å²) in [6, 6.07) is 6.74. The SMILES string of the molecule is CNC(CSc1ccc(F)cc1)c1c(Br)cnn1C. The molecule has 1 aromatic carbocycles. The van der Waals surface area contributed by atoms with Crippen LogP contribution >= 0.6 is 27.7 Å². The second kappa shape index (κ2) is 6.54. The molecule has 0 saturated heterocycles. The summed E-state index contributed by atoms with van der Waals surface area (Å²) < 4.78 is 15.7. The lowest BCUT2D eigenvalue weighted by atomic mass is 10.2. The topological polar surface area (TPSA) is 29.9 Å². The van der Waals surface area contributed by atoms with Gasteiger partial charge in [0.25, 0.3) is 0 Å². The Morgan fingerprint density at radius 2 is 2.11 bits per heavy atom. The van der Waals surface area contributed by atoms with Crippen LogP contribution in [-0.4, -0.2) is 22.6 Å². The van der Waals surface area contributed by atoms with Gasteiger partial charge in [-0.25, -0.2) is 4.39 Å². The van der Waals surface area contributed by atoms with Crippen molar-refractivity contribution in [2.45, 2.75) is 10.9 Å². The van der Waals surface area contributed by atoms with Crippen molar-refractivity contribution in [1.29, 1.82) is 0 Å². The molecule has 0 amide bonds. The molecule has 102 valence electrons. The first kappa shape index (κ1) is 14.6. The second-order valence-electron chi connectivity index (χ2n) is 4.11. The standard InChI is InChI=1S/C13H15BrFN3S/c1-16-12(13-11(14)7-17-18(13)2)8-19-10-5-3-9(15)4-6-10/h3-7,12,16H,8H2,1-2H3. The van der Waals surface area contributed by atoms with Crippen molar-refractivity contribution >= 4 is 27.7 Å². The monoisotopic (exact) mass is 343 g/mol. The number of aryl methyl sites for hydroxylation is 1. The highest BCUT2D eigenvalue weighted by atomic mass is 79.9. The Bertz CT molecular complexity index is 522. The molecular formula is C13H15BrFN3S. The van der Waals surface area contributed by atoms with Crippen molar-refractivity contribution < 1.29 is 4.39 Å². The van der Waals surface area contributed by atoms with Gasteiger partial charge in [0.15, 0.2) is 0 Å². The molecule has 19 heavy (non-hydrogen) atoms.